The Bertz CT molecular complexity index is 1190. The van der Waals surface area contributed by atoms with Crippen LogP contribution >= 0.6 is 0 Å². The van der Waals surface area contributed by atoms with Gasteiger partial charge >= 0.3 is 0 Å². The van der Waals surface area contributed by atoms with Gasteiger partial charge < -0.3 is 19.4 Å². The highest BCUT2D eigenvalue weighted by atomic mass is 16.5. The predicted octanol–water partition coefficient (Wildman–Crippen LogP) is 4.91. The number of likely N-dealkylation sites (N-methyl/N-ethyl adjacent to an activating group) is 1. The van der Waals surface area contributed by atoms with E-state index in [0.29, 0.717) is 25.3 Å². The van der Waals surface area contributed by atoms with Crippen molar-refractivity contribution >= 4 is 11.7 Å². The number of aromatic nitrogens is 2. The van der Waals surface area contributed by atoms with Gasteiger partial charge in [0.1, 0.15) is 5.82 Å². The van der Waals surface area contributed by atoms with Crippen LogP contribution in [0.15, 0.2) is 54.6 Å². The Morgan fingerprint density at radius 1 is 1.00 bits per heavy atom. The molecule has 3 aromatic rings. The fourth-order valence-corrected chi connectivity index (χ4v) is 4.96. The minimum atomic E-state index is 0.0396. The number of amides is 1. The third kappa shape index (κ3) is 6.45. The molecular weight excluding hydrogens is 474 g/mol. The van der Waals surface area contributed by atoms with E-state index in [2.05, 4.69) is 73.5 Å². The lowest BCUT2D eigenvalue weighted by Crippen LogP contribution is -2.45. The Kier molecular flexibility index (Phi) is 8.90. The summed E-state index contributed by atoms with van der Waals surface area (Å²) in [5.74, 6) is 1.13. The molecule has 7 heteroatoms. The van der Waals surface area contributed by atoms with Crippen LogP contribution in [0.5, 0.6) is 0 Å². The molecule has 7 nitrogen and oxygen atoms in total. The second-order valence-corrected chi connectivity index (χ2v) is 11.3. The monoisotopic (exact) mass is 517 g/mol. The number of benzene rings is 2. The van der Waals surface area contributed by atoms with E-state index in [1.54, 1.807) is 7.11 Å². The smallest absolute Gasteiger partial charge is 0.254 e. The van der Waals surface area contributed by atoms with Crippen LogP contribution in [0.3, 0.4) is 0 Å². The van der Waals surface area contributed by atoms with Crippen LogP contribution < -0.4 is 4.90 Å². The maximum atomic E-state index is 13.9. The minimum absolute atomic E-state index is 0.0396. The van der Waals surface area contributed by atoms with Crippen molar-refractivity contribution in [3.63, 3.8) is 0 Å². The fraction of sp³-hybridized carbons (Fsp3) is 0.484. The Hall–Kier alpha value is -3.16. The molecule has 204 valence electrons. The number of aryl methyl sites for hydroxylation is 1. The van der Waals surface area contributed by atoms with Gasteiger partial charge in [-0.05, 0) is 55.6 Å². The van der Waals surface area contributed by atoms with Gasteiger partial charge in [0.25, 0.3) is 5.91 Å². The van der Waals surface area contributed by atoms with Crippen LogP contribution in [0.25, 0.3) is 5.69 Å². The molecule has 0 spiro atoms. The molecule has 38 heavy (non-hydrogen) atoms. The largest absolute Gasteiger partial charge is 0.385 e. The Labute approximate surface area is 228 Å². The van der Waals surface area contributed by atoms with Crippen LogP contribution in [0, 0.1) is 6.92 Å². The summed E-state index contributed by atoms with van der Waals surface area (Å²) in [6.07, 6.45) is 0.776. The van der Waals surface area contributed by atoms with Gasteiger partial charge in [0.2, 0.25) is 0 Å². The molecular formula is C31H43N5O2. The third-order valence-electron chi connectivity index (χ3n) is 7.37. The number of rotatable bonds is 9. The molecule has 0 bridgehead atoms. The van der Waals surface area contributed by atoms with Crippen LogP contribution in [0.1, 0.15) is 54.4 Å². The molecule has 1 saturated heterocycles. The van der Waals surface area contributed by atoms with Gasteiger partial charge in [-0.1, -0.05) is 51.1 Å². The second kappa shape index (κ2) is 12.1. The highest BCUT2D eigenvalue weighted by Gasteiger charge is 2.27. The lowest BCUT2D eigenvalue weighted by Gasteiger charge is -2.35. The van der Waals surface area contributed by atoms with Crippen LogP contribution in [-0.2, 0) is 16.7 Å². The summed E-state index contributed by atoms with van der Waals surface area (Å²) in [6, 6.07) is 18.4. The van der Waals surface area contributed by atoms with E-state index in [1.165, 1.54) is 5.56 Å². The molecule has 2 aromatic carbocycles. The first-order chi connectivity index (χ1) is 18.2. The van der Waals surface area contributed by atoms with Crippen LogP contribution in [-0.4, -0.2) is 79.0 Å². The maximum absolute atomic E-state index is 13.9. The van der Waals surface area contributed by atoms with Crippen LogP contribution in [0.4, 0.5) is 5.82 Å². The average Bonchev–Trinajstić information content (AvgIpc) is 3.24. The van der Waals surface area contributed by atoms with Crippen molar-refractivity contribution in [2.45, 2.75) is 46.1 Å². The number of carbonyl (C=O) groups excluding carboxylic acids is 1. The Balaban J connectivity index is 1.70. The first kappa shape index (κ1) is 27.9. The quantitative estimate of drug-likeness (QED) is 0.378. The number of methoxy groups -OCH3 is 1. The van der Waals surface area contributed by atoms with E-state index in [4.69, 9.17) is 9.84 Å². The van der Waals surface area contributed by atoms with Crippen molar-refractivity contribution in [2.24, 2.45) is 0 Å². The van der Waals surface area contributed by atoms with E-state index < -0.39 is 0 Å². The summed E-state index contributed by atoms with van der Waals surface area (Å²) in [5, 5.41) is 4.99. The summed E-state index contributed by atoms with van der Waals surface area (Å²) in [6.45, 7) is 14.2. The zero-order chi connectivity index (χ0) is 27.3. The lowest BCUT2D eigenvalue weighted by molar-refractivity contribution is 0.0723. The Morgan fingerprint density at radius 3 is 2.26 bits per heavy atom. The number of nitrogens with zero attached hydrogens (tertiary/aromatic N) is 5. The summed E-state index contributed by atoms with van der Waals surface area (Å²) >= 11 is 0. The van der Waals surface area contributed by atoms with Gasteiger partial charge in [-0.3, -0.25) is 4.79 Å². The minimum Gasteiger partial charge on any atom is -0.385 e. The van der Waals surface area contributed by atoms with Crippen LogP contribution in [0.2, 0.25) is 0 Å². The van der Waals surface area contributed by atoms with Crippen molar-refractivity contribution in [1.82, 2.24) is 19.6 Å². The highest BCUT2D eigenvalue weighted by Crippen LogP contribution is 2.30. The maximum Gasteiger partial charge on any atom is 0.254 e. The number of ether oxygens (including phenoxy) is 1. The molecule has 1 aliphatic heterocycles. The molecule has 1 aromatic heterocycles. The first-order valence-corrected chi connectivity index (χ1v) is 13.6. The van der Waals surface area contributed by atoms with E-state index in [0.717, 1.165) is 55.4 Å². The van der Waals surface area contributed by atoms with Crippen molar-refractivity contribution < 1.29 is 9.53 Å². The molecule has 4 rings (SSSR count). The number of hydrogen-bond donors (Lipinski definition) is 0. The zero-order valence-electron chi connectivity index (χ0n) is 23.9. The average molecular weight is 518 g/mol. The molecule has 0 unspecified atom stereocenters. The van der Waals surface area contributed by atoms with Gasteiger partial charge in [0.05, 0.1) is 17.9 Å². The molecule has 0 N–H and O–H groups in total. The van der Waals surface area contributed by atoms with E-state index in [-0.39, 0.29) is 11.3 Å². The number of para-hydroxylation sites is 1. The first-order valence-electron chi connectivity index (χ1n) is 13.6. The molecule has 0 aliphatic carbocycles. The van der Waals surface area contributed by atoms with Gasteiger partial charge in [0.15, 0.2) is 0 Å². The zero-order valence-corrected chi connectivity index (χ0v) is 23.9. The normalized spacial score (nSPS) is 14.6. The summed E-state index contributed by atoms with van der Waals surface area (Å²) in [4.78, 5) is 20.6. The molecule has 0 radical (unpaired) electrons. The number of anilines is 1. The van der Waals surface area contributed by atoms with Gasteiger partial charge in [-0.15, -0.1) is 0 Å². The summed E-state index contributed by atoms with van der Waals surface area (Å²) < 4.78 is 7.39. The van der Waals surface area contributed by atoms with Gasteiger partial charge in [-0.25, -0.2) is 4.68 Å². The standard InChI is InChI=1S/C31H43N5O2/c1-24-28(29(34-20-18-33(5)19-21-34)36(32-24)27-11-8-7-9-12-27)23-35(17-10-22-38-6)30(37)25-13-15-26(16-14-25)31(2,3)4/h7-9,11-16H,10,17-23H2,1-6H3. The van der Waals surface area contributed by atoms with E-state index >= 15 is 0 Å². The van der Waals surface area contributed by atoms with Crippen molar-refractivity contribution in [3.05, 3.63) is 77.0 Å². The number of carbonyl (C=O) groups is 1. The fourth-order valence-electron chi connectivity index (χ4n) is 4.96. The third-order valence-corrected chi connectivity index (χ3v) is 7.37. The molecule has 1 amide bonds. The number of hydrogen-bond acceptors (Lipinski definition) is 5. The highest BCUT2D eigenvalue weighted by molar-refractivity contribution is 5.94. The van der Waals surface area contributed by atoms with E-state index in [9.17, 15) is 4.79 Å². The van der Waals surface area contributed by atoms with Gasteiger partial charge in [0, 0.05) is 57.6 Å². The van der Waals surface area contributed by atoms with Gasteiger partial charge in [-0.2, -0.15) is 5.10 Å². The molecule has 2 heterocycles. The predicted molar refractivity (Wildman–Crippen MR) is 154 cm³/mol. The SMILES string of the molecule is COCCCN(Cc1c(C)nn(-c2ccccc2)c1N1CCN(C)CC1)C(=O)c1ccc(C(C)(C)C)cc1. The summed E-state index contributed by atoms with van der Waals surface area (Å²) in [5.41, 5.74) is 5.07. The van der Waals surface area contributed by atoms with Crippen molar-refractivity contribution in [1.29, 1.82) is 0 Å². The molecule has 1 aliphatic rings. The second-order valence-electron chi connectivity index (χ2n) is 11.3. The topological polar surface area (TPSA) is 53.8 Å². The van der Waals surface area contributed by atoms with E-state index in [1.807, 2.05) is 35.2 Å². The lowest BCUT2D eigenvalue weighted by atomic mass is 9.86. The molecule has 0 atom stereocenters. The molecule has 0 saturated carbocycles. The summed E-state index contributed by atoms with van der Waals surface area (Å²) in [7, 11) is 3.87. The number of piperazine rings is 1. The van der Waals surface area contributed by atoms with Crippen molar-refractivity contribution in [2.75, 3.05) is 58.4 Å². The Morgan fingerprint density at radius 2 is 1.66 bits per heavy atom. The molecule has 1 fully saturated rings. The van der Waals surface area contributed by atoms with Crippen molar-refractivity contribution in [3.8, 4) is 5.69 Å².